The predicted molar refractivity (Wildman–Crippen MR) is 89.2 cm³/mol. The maximum Gasteiger partial charge on any atom is 0.122 e. The molecule has 21 heavy (non-hydrogen) atoms. The first-order valence-electron chi connectivity index (χ1n) is 6.89. The van der Waals surface area contributed by atoms with Gasteiger partial charge in [0.2, 0.25) is 0 Å². The molecule has 3 nitrogen and oxygen atoms in total. The third-order valence-corrected chi connectivity index (χ3v) is 3.79. The van der Waals surface area contributed by atoms with Gasteiger partial charge in [0.05, 0.1) is 20.3 Å². The van der Waals surface area contributed by atoms with Crippen LogP contribution in [0.5, 0.6) is 11.5 Å². The second-order valence-electron chi connectivity index (χ2n) is 4.69. The molecular weight excluding hydrogens is 330 g/mol. The third kappa shape index (κ3) is 3.99. The molecular formula is C17H20BrNO2. The molecule has 0 aliphatic rings. The van der Waals surface area contributed by atoms with Crippen LogP contribution in [0, 0.1) is 0 Å². The van der Waals surface area contributed by atoms with Crippen LogP contribution in [0.25, 0.3) is 0 Å². The van der Waals surface area contributed by atoms with Crippen LogP contribution in [0.4, 0.5) is 0 Å². The van der Waals surface area contributed by atoms with Crippen LogP contribution in [0.3, 0.4) is 0 Å². The lowest BCUT2D eigenvalue weighted by Crippen LogP contribution is -2.22. The van der Waals surface area contributed by atoms with E-state index in [4.69, 9.17) is 9.47 Å². The van der Waals surface area contributed by atoms with E-state index in [0.29, 0.717) is 0 Å². The highest BCUT2D eigenvalue weighted by atomic mass is 79.9. The summed E-state index contributed by atoms with van der Waals surface area (Å²) in [7, 11) is 3.33. The molecule has 0 fully saturated rings. The molecule has 1 N–H and O–H groups in total. The fraction of sp³-hybridized carbons (Fsp3) is 0.294. The Balaban J connectivity index is 2.46. The van der Waals surface area contributed by atoms with E-state index in [1.807, 2.05) is 30.3 Å². The molecule has 0 spiro atoms. The number of methoxy groups -OCH3 is 2. The van der Waals surface area contributed by atoms with Crippen molar-refractivity contribution in [2.45, 2.75) is 13.0 Å². The van der Waals surface area contributed by atoms with Crippen LogP contribution in [-0.2, 0) is 0 Å². The molecule has 1 atom stereocenters. The van der Waals surface area contributed by atoms with Crippen LogP contribution >= 0.6 is 15.9 Å². The number of ether oxygens (including phenoxy) is 2. The summed E-state index contributed by atoms with van der Waals surface area (Å²) in [6, 6.07) is 14.4. The summed E-state index contributed by atoms with van der Waals surface area (Å²) in [4.78, 5) is 0. The van der Waals surface area contributed by atoms with Crippen molar-refractivity contribution in [3.8, 4) is 11.5 Å². The molecule has 0 aliphatic heterocycles. The van der Waals surface area contributed by atoms with Gasteiger partial charge in [0, 0.05) is 10.5 Å². The Morgan fingerprint density at radius 1 is 1.00 bits per heavy atom. The van der Waals surface area contributed by atoms with Crippen molar-refractivity contribution in [3.63, 3.8) is 0 Å². The van der Waals surface area contributed by atoms with Crippen molar-refractivity contribution in [1.29, 1.82) is 0 Å². The highest BCUT2D eigenvalue weighted by molar-refractivity contribution is 9.10. The number of hydrogen-bond donors (Lipinski definition) is 1. The molecule has 0 amide bonds. The SMILES string of the molecule is CCNC(c1cccc(Br)c1)c1cc(OC)cc(OC)c1. The van der Waals surface area contributed by atoms with Crippen molar-refractivity contribution in [2.24, 2.45) is 0 Å². The summed E-state index contributed by atoms with van der Waals surface area (Å²) in [6.45, 7) is 2.97. The number of benzene rings is 2. The largest absolute Gasteiger partial charge is 0.497 e. The molecule has 0 aliphatic carbocycles. The average molecular weight is 350 g/mol. The van der Waals surface area contributed by atoms with E-state index >= 15 is 0 Å². The van der Waals surface area contributed by atoms with E-state index in [0.717, 1.165) is 28.1 Å². The van der Waals surface area contributed by atoms with Gasteiger partial charge in [0.25, 0.3) is 0 Å². The first-order chi connectivity index (χ1) is 10.2. The maximum atomic E-state index is 5.37. The van der Waals surface area contributed by atoms with E-state index < -0.39 is 0 Å². The molecule has 0 aromatic heterocycles. The molecule has 0 bridgehead atoms. The Kier molecular flexibility index (Phi) is 5.65. The molecule has 0 heterocycles. The highest BCUT2D eigenvalue weighted by Gasteiger charge is 2.15. The first-order valence-corrected chi connectivity index (χ1v) is 7.69. The van der Waals surface area contributed by atoms with E-state index in [-0.39, 0.29) is 6.04 Å². The van der Waals surface area contributed by atoms with Gasteiger partial charge in [-0.05, 0) is 41.9 Å². The average Bonchev–Trinajstić information content (AvgIpc) is 2.52. The summed E-state index contributed by atoms with van der Waals surface area (Å²) in [5, 5.41) is 3.51. The van der Waals surface area contributed by atoms with Crippen LogP contribution in [0.1, 0.15) is 24.1 Å². The van der Waals surface area contributed by atoms with Gasteiger partial charge in [-0.3, -0.25) is 0 Å². The monoisotopic (exact) mass is 349 g/mol. The normalized spacial score (nSPS) is 12.0. The zero-order chi connectivity index (χ0) is 15.2. The maximum absolute atomic E-state index is 5.37. The second kappa shape index (κ2) is 7.48. The number of rotatable bonds is 6. The molecule has 0 saturated heterocycles. The Bertz CT molecular complexity index is 579. The minimum Gasteiger partial charge on any atom is -0.497 e. The highest BCUT2D eigenvalue weighted by Crippen LogP contribution is 2.30. The summed E-state index contributed by atoms with van der Waals surface area (Å²) in [5.74, 6) is 1.59. The van der Waals surface area contributed by atoms with Crippen molar-refractivity contribution in [2.75, 3.05) is 20.8 Å². The summed E-state index contributed by atoms with van der Waals surface area (Å²) in [5.41, 5.74) is 2.31. The molecule has 0 saturated carbocycles. The van der Waals surface area contributed by atoms with Crippen LogP contribution in [0.2, 0.25) is 0 Å². The van der Waals surface area contributed by atoms with Gasteiger partial charge in [-0.1, -0.05) is 35.0 Å². The molecule has 2 aromatic rings. The Morgan fingerprint density at radius 2 is 1.67 bits per heavy atom. The standard InChI is InChI=1S/C17H20BrNO2/c1-4-19-17(12-6-5-7-14(18)8-12)13-9-15(20-2)11-16(10-13)21-3/h5-11,17,19H,4H2,1-3H3. The molecule has 112 valence electrons. The van der Waals surface area contributed by atoms with Crippen LogP contribution in [0.15, 0.2) is 46.9 Å². The van der Waals surface area contributed by atoms with E-state index in [9.17, 15) is 0 Å². The molecule has 0 radical (unpaired) electrons. The van der Waals surface area contributed by atoms with Gasteiger partial charge < -0.3 is 14.8 Å². The van der Waals surface area contributed by atoms with Crippen molar-refractivity contribution in [3.05, 3.63) is 58.1 Å². The zero-order valence-electron chi connectivity index (χ0n) is 12.5. The number of halogens is 1. The van der Waals surface area contributed by atoms with Crippen molar-refractivity contribution < 1.29 is 9.47 Å². The Hall–Kier alpha value is -1.52. The van der Waals surface area contributed by atoms with Gasteiger partial charge in [-0.25, -0.2) is 0 Å². The molecule has 4 heteroatoms. The molecule has 1 unspecified atom stereocenters. The lowest BCUT2D eigenvalue weighted by Gasteiger charge is -2.20. The van der Waals surface area contributed by atoms with Crippen molar-refractivity contribution in [1.82, 2.24) is 5.32 Å². The van der Waals surface area contributed by atoms with Gasteiger partial charge in [-0.2, -0.15) is 0 Å². The first kappa shape index (κ1) is 15.9. The minimum atomic E-state index is 0.0940. The summed E-state index contributed by atoms with van der Waals surface area (Å²) < 4.78 is 11.8. The zero-order valence-corrected chi connectivity index (χ0v) is 14.1. The van der Waals surface area contributed by atoms with Crippen molar-refractivity contribution >= 4 is 15.9 Å². The number of hydrogen-bond acceptors (Lipinski definition) is 3. The lowest BCUT2D eigenvalue weighted by molar-refractivity contribution is 0.392. The topological polar surface area (TPSA) is 30.5 Å². The van der Waals surface area contributed by atoms with E-state index in [1.54, 1.807) is 14.2 Å². The fourth-order valence-corrected chi connectivity index (χ4v) is 2.73. The summed E-state index contributed by atoms with van der Waals surface area (Å²) in [6.07, 6.45) is 0. The molecule has 2 rings (SSSR count). The van der Waals surface area contributed by atoms with Gasteiger partial charge in [-0.15, -0.1) is 0 Å². The summed E-state index contributed by atoms with van der Waals surface area (Å²) >= 11 is 3.53. The third-order valence-electron chi connectivity index (χ3n) is 3.30. The molecule has 2 aromatic carbocycles. The van der Waals surface area contributed by atoms with Crippen LogP contribution < -0.4 is 14.8 Å². The lowest BCUT2D eigenvalue weighted by atomic mass is 9.98. The second-order valence-corrected chi connectivity index (χ2v) is 5.61. The minimum absolute atomic E-state index is 0.0940. The van der Waals surface area contributed by atoms with Gasteiger partial charge in [0.15, 0.2) is 0 Å². The predicted octanol–water partition coefficient (Wildman–Crippen LogP) is 4.17. The van der Waals surface area contributed by atoms with Crippen LogP contribution in [-0.4, -0.2) is 20.8 Å². The Labute approximate surface area is 134 Å². The Morgan fingerprint density at radius 3 is 2.19 bits per heavy atom. The fourth-order valence-electron chi connectivity index (χ4n) is 2.31. The smallest absolute Gasteiger partial charge is 0.122 e. The quantitative estimate of drug-likeness (QED) is 0.848. The van der Waals surface area contributed by atoms with Gasteiger partial charge in [0.1, 0.15) is 11.5 Å². The van der Waals surface area contributed by atoms with Gasteiger partial charge >= 0.3 is 0 Å². The number of nitrogens with one attached hydrogen (secondary N) is 1. The van der Waals surface area contributed by atoms with E-state index in [2.05, 4.69) is 40.3 Å². The van der Waals surface area contributed by atoms with E-state index in [1.165, 1.54) is 5.56 Å².